The van der Waals surface area contributed by atoms with Crippen LogP contribution in [0.4, 0.5) is 0 Å². The van der Waals surface area contributed by atoms with Crippen LogP contribution in [0.2, 0.25) is 0 Å². The number of amidine groups is 1. The summed E-state index contributed by atoms with van der Waals surface area (Å²) in [6, 6.07) is -0.120. The third-order valence-electron chi connectivity index (χ3n) is 1.37. The number of rotatable bonds is 1. The molecule has 0 spiro atoms. The van der Waals surface area contributed by atoms with Gasteiger partial charge in [-0.25, -0.2) is 0 Å². The molecule has 0 bridgehead atoms. The van der Waals surface area contributed by atoms with E-state index in [-0.39, 0.29) is 11.8 Å². The maximum Gasteiger partial charge on any atom is 0.156 e. The summed E-state index contributed by atoms with van der Waals surface area (Å²) in [5.74, 6) is 1.01. The average Bonchev–Trinajstić information content (AvgIpc) is 2.14. The Bertz CT molecular complexity index is 162. The second-order valence-electron chi connectivity index (χ2n) is 2.22. The number of aliphatic imine (C=N–C) groups is 1. The maximum atomic E-state index is 10.6. The Labute approximate surface area is 54.2 Å². The monoisotopic (exact) mass is 126 g/mol. The highest BCUT2D eigenvalue weighted by atomic mass is 16.1. The first-order chi connectivity index (χ1) is 4.20. The first-order valence-electron chi connectivity index (χ1n) is 2.99. The number of Topliss-reactive ketones (excluding diaryl/α,β-unsaturated/α-hetero) is 1. The van der Waals surface area contributed by atoms with Crippen LogP contribution in [0.5, 0.6) is 0 Å². The molecule has 1 aliphatic rings. The number of ketones is 1. The van der Waals surface area contributed by atoms with Gasteiger partial charge in [0.2, 0.25) is 0 Å². The minimum atomic E-state index is -0.120. The van der Waals surface area contributed by atoms with Gasteiger partial charge < -0.3 is 5.32 Å². The minimum Gasteiger partial charge on any atom is -0.371 e. The van der Waals surface area contributed by atoms with Crippen LogP contribution in [-0.4, -0.2) is 24.2 Å². The van der Waals surface area contributed by atoms with Crippen molar-refractivity contribution in [3.05, 3.63) is 0 Å². The molecule has 1 N–H and O–H groups in total. The molecule has 0 radical (unpaired) electrons. The Hall–Kier alpha value is -0.860. The summed E-state index contributed by atoms with van der Waals surface area (Å²) in [7, 11) is 0. The van der Waals surface area contributed by atoms with Gasteiger partial charge in [-0.05, 0) is 13.8 Å². The van der Waals surface area contributed by atoms with E-state index in [0.717, 1.165) is 5.84 Å². The fourth-order valence-corrected chi connectivity index (χ4v) is 0.804. The molecule has 0 amide bonds. The lowest BCUT2D eigenvalue weighted by atomic mass is 10.2. The summed E-state index contributed by atoms with van der Waals surface area (Å²) in [6.45, 7) is 4.11. The Morgan fingerprint density at radius 3 is 2.78 bits per heavy atom. The van der Waals surface area contributed by atoms with Crippen LogP contribution in [0, 0.1) is 0 Å². The fourth-order valence-electron chi connectivity index (χ4n) is 0.804. The minimum absolute atomic E-state index is 0.120. The highest BCUT2D eigenvalue weighted by Crippen LogP contribution is 1.97. The number of nitrogens with zero attached hydrogens (tertiary/aromatic N) is 1. The molecule has 3 heteroatoms. The van der Waals surface area contributed by atoms with Gasteiger partial charge in [0.05, 0.1) is 5.84 Å². The van der Waals surface area contributed by atoms with Gasteiger partial charge in [-0.3, -0.25) is 9.79 Å². The van der Waals surface area contributed by atoms with Crippen LogP contribution < -0.4 is 5.32 Å². The molecule has 0 unspecified atom stereocenters. The van der Waals surface area contributed by atoms with Gasteiger partial charge in [0, 0.05) is 6.54 Å². The van der Waals surface area contributed by atoms with E-state index >= 15 is 0 Å². The van der Waals surface area contributed by atoms with E-state index in [1.807, 2.05) is 6.92 Å². The SMILES string of the molecule is CC(=O)[C@@H]1CNC(C)=N1. The number of hydrogen-bond acceptors (Lipinski definition) is 3. The van der Waals surface area contributed by atoms with Crippen molar-refractivity contribution in [1.29, 1.82) is 0 Å². The molecule has 0 aromatic rings. The van der Waals surface area contributed by atoms with Crippen molar-refractivity contribution in [3.8, 4) is 0 Å². The van der Waals surface area contributed by atoms with Gasteiger partial charge in [-0.1, -0.05) is 0 Å². The molecule has 9 heavy (non-hydrogen) atoms. The predicted octanol–water partition coefficient (Wildman–Crippen LogP) is -0.0344. The summed E-state index contributed by atoms with van der Waals surface area (Å²) in [5.41, 5.74) is 0. The molecular weight excluding hydrogens is 116 g/mol. The van der Waals surface area contributed by atoms with Crippen LogP contribution in [0.1, 0.15) is 13.8 Å². The normalized spacial score (nSPS) is 25.1. The van der Waals surface area contributed by atoms with E-state index in [2.05, 4.69) is 10.3 Å². The zero-order valence-electron chi connectivity index (χ0n) is 5.64. The average molecular weight is 126 g/mol. The first kappa shape index (κ1) is 6.26. The largest absolute Gasteiger partial charge is 0.371 e. The van der Waals surface area contributed by atoms with Crippen LogP contribution in [0.25, 0.3) is 0 Å². The molecule has 1 heterocycles. The van der Waals surface area contributed by atoms with Crippen molar-refractivity contribution in [1.82, 2.24) is 5.32 Å². The maximum absolute atomic E-state index is 10.6. The number of hydrogen-bond donors (Lipinski definition) is 1. The lowest BCUT2D eigenvalue weighted by molar-refractivity contribution is -0.117. The highest BCUT2D eigenvalue weighted by Gasteiger charge is 2.17. The summed E-state index contributed by atoms with van der Waals surface area (Å²) in [6.07, 6.45) is 0. The number of carbonyl (C=O) groups is 1. The second kappa shape index (κ2) is 2.17. The molecule has 1 aliphatic heterocycles. The predicted molar refractivity (Wildman–Crippen MR) is 35.6 cm³/mol. The van der Waals surface area contributed by atoms with Crippen LogP contribution in [-0.2, 0) is 4.79 Å². The van der Waals surface area contributed by atoms with E-state index in [4.69, 9.17) is 0 Å². The van der Waals surface area contributed by atoms with Crippen molar-refractivity contribution in [2.75, 3.05) is 6.54 Å². The van der Waals surface area contributed by atoms with E-state index in [0.29, 0.717) is 6.54 Å². The van der Waals surface area contributed by atoms with Gasteiger partial charge >= 0.3 is 0 Å². The van der Waals surface area contributed by atoms with Gasteiger partial charge in [0.1, 0.15) is 6.04 Å². The van der Waals surface area contributed by atoms with E-state index in [1.54, 1.807) is 6.92 Å². The lowest BCUT2D eigenvalue weighted by Gasteiger charge is -1.96. The lowest BCUT2D eigenvalue weighted by Crippen LogP contribution is -2.23. The van der Waals surface area contributed by atoms with E-state index in [9.17, 15) is 4.79 Å². The molecule has 3 nitrogen and oxygen atoms in total. The summed E-state index contributed by atoms with van der Waals surface area (Å²) < 4.78 is 0. The number of carbonyl (C=O) groups excluding carboxylic acids is 1. The highest BCUT2D eigenvalue weighted by molar-refractivity contribution is 5.90. The fraction of sp³-hybridized carbons (Fsp3) is 0.667. The molecule has 0 aromatic carbocycles. The van der Waals surface area contributed by atoms with Crippen LogP contribution >= 0.6 is 0 Å². The van der Waals surface area contributed by atoms with Gasteiger partial charge in [0.15, 0.2) is 5.78 Å². The Morgan fingerprint density at radius 1 is 1.89 bits per heavy atom. The quantitative estimate of drug-likeness (QED) is 0.536. The summed E-state index contributed by atoms with van der Waals surface area (Å²) in [4.78, 5) is 14.7. The van der Waals surface area contributed by atoms with Gasteiger partial charge in [-0.15, -0.1) is 0 Å². The smallest absolute Gasteiger partial charge is 0.156 e. The van der Waals surface area contributed by atoms with Gasteiger partial charge in [-0.2, -0.15) is 0 Å². The zero-order valence-corrected chi connectivity index (χ0v) is 5.64. The first-order valence-corrected chi connectivity index (χ1v) is 2.99. The molecule has 0 saturated heterocycles. The summed E-state index contributed by atoms with van der Waals surface area (Å²) in [5, 5.41) is 2.98. The third-order valence-corrected chi connectivity index (χ3v) is 1.37. The Kier molecular flexibility index (Phi) is 1.51. The Balaban J connectivity index is 2.57. The zero-order chi connectivity index (χ0) is 6.85. The topological polar surface area (TPSA) is 41.5 Å². The molecule has 1 rings (SSSR count). The molecule has 0 saturated carbocycles. The van der Waals surface area contributed by atoms with Crippen molar-refractivity contribution < 1.29 is 4.79 Å². The van der Waals surface area contributed by atoms with E-state index in [1.165, 1.54) is 0 Å². The number of nitrogens with one attached hydrogen (secondary N) is 1. The molecule has 50 valence electrons. The van der Waals surface area contributed by atoms with Crippen LogP contribution in [0.15, 0.2) is 4.99 Å². The summed E-state index contributed by atoms with van der Waals surface area (Å²) >= 11 is 0. The Morgan fingerprint density at radius 2 is 2.56 bits per heavy atom. The molecular formula is C6H10N2O. The molecule has 0 aromatic heterocycles. The van der Waals surface area contributed by atoms with Crippen molar-refractivity contribution >= 4 is 11.6 Å². The molecule has 0 fully saturated rings. The molecule has 0 aliphatic carbocycles. The molecule has 1 atom stereocenters. The standard InChI is InChI=1S/C6H10N2O/c1-4(9)6-3-7-5(2)8-6/h6H,3H2,1-2H3,(H,7,8)/t6-/m0/s1. The van der Waals surface area contributed by atoms with Crippen LogP contribution in [0.3, 0.4) is 0 Å². The third kappa shape index (κ3) is 1.28. The van der Waals surface area contributed by atoms with Gasteiger partial charge in [0.25, 0.3) is 0 Å². The van der Waals surface area contributed by atoms with Crippen molar-refractivity contribution in [2.24, 2.45) is 4.99 Å². The van der Waals surface area contributed by atoms with Crippen molar-refractivity contribution in [2.45, 2.75) is 19.9 Å². The second-order valence-corrected chi connectivity index (χ2v) is 2.22. The van der Waals surface area contributed by atoms with E-state index < -0.39 is 0 Å². The van der Waals surface area contributed by atoms with Crippen molar-refractivity contribution in [3.63, 3.8) is 0 Å².